The molecule has 4 aliphatic carbocycles. The highest BCUT2D eigenvalue weighted by Gasteiger charge is 2.62. The summed E-state index contributed by atoms with van der Waals surface area (Å²) in [6.45, 7) is 0.518. The van der Waals surface area contributed by atoms with Crippen molar-refractivity contribution < 1.29 is 19.1 Å². The van der Waals surface area contributed by atoms with Gasteiger partial charge in [-0.25, -0.2) is 9.78 Å². The quantitative estimate of drug-likeness (QED) is 0.733. The minimum Gasteiger partial charge on any atom is -0.444 e. The van der Waals surface area contributed by atoms with Crippen molar-refractivity contribution in [2.24, 2.45) is 28.9 Å². The Morgan fingerprint density at radius 3 is 2.64 bits per heavy atom. The fraction of sp³-hybridized carbons (Fsp3) is 0.500. The lowest BCUT2D eigenvalue weighted by molar-refractivity contribution is -0.173. The van der Waals surface area contributed by atoms with E-state index in [9.17, 15) is 9.59 Å². The van der Waals surface area contributed by atoms with Crippen molar-refractivity contribution in [1.29, 1.82) is 0 Å². The van der Waals surface area contributed by atoms with Crippen molar-refractivity contribution in [3.63, 3.8) is 0 Å². The van der Waals surface area contributed by atoms with Crippen LogP contribution < -0.4 is 21.1 Å². The van der Waals surface area contributed by atoms with Gasteiger partial charge in [-0.3, -0.25) is 9.69 Å². The minimum atomic E-state index is -0.704. The lowest BCUT2D eigenvalue weighted by Crippen LogP contribution is -2.62. The van der Waals surface area contributed by atoms with E-state index in [1.807, 2.05) is 12.1 Å². The zero-order valence-electron chi connectivity index (χ0n) is 18.3. The number of nitrogens with two attached hydrogens (primary N) is 2. The van der Waals surface area contributed by atoms with E-state index in [0.717, 1.165) is 36.9 Å². The molecule has 9 nitrogen and oxygen atoms in total. The summed E-state index contributed by atoms with van der Waals surface area (Å²) in [4.78, 5) is 35.4. The molecule has 4 bridgehead atoms. The van der Waals surface area contributed by atoms with Crippen LogP contribution in [-0.4, -0.2) is 34.6 Å². The molecule has 4 N–H and O–H groups in total. The van der Waals surface area contributed by atoms with Gasteiger partial charge in [-0.05, 0) is 80.0 Å². The second-order valence-corrected chi connectivity index (χ2v) is 9.98. The van der Waals surface area contributed by atoms with E-state index in [1.165, 1.54) is 12.6 Å². The second kappa shape index (κ2) is 7.33. The Hall–Kier alpha value is -3.36. The van der Waals surface area contributed by atoms with Crippen LogP contribution in [0.4, 0.5) is 16.4 Å². The van der Waals surface area contributed by atoms with E-state index in [2.05, 4.69) is 9.97 Å². The first-order chi connectivity index (χ1) is 15.9. The number of benzene rings is 1. The first-order valence-corrected chi connectivity index (χ1v) is 11.6. The Morgan fingerprint density at radius 1 is 1.12 bits per heavy atom. The van der Waals surface area contributed by atoms with Crippen molar-refractivity contribution >= 4 is 23.6 Å². The van der Waals surface area contributed by atoms with E-state index < -0.39 is 17.6 Å². The van der Waals surface area contributed by atoms with E-state index >= 15 is 0 Å². The Labute approximate surface area is 191 Å². The monoisotopic (exact) mass is 449 g/mol. The Kier molecular flexibility index (Phi) is 4.50. The molecule has 0 spiro atoms. The number of fused-ring (bicyclic) bond motifs is 1. The number of carbonyl (C=O) groups is 2. The van der Waals surface area contributed by atoms with Gasteiger partial charge in [0.1, 0.15) is 11.9 Å². The van der Waals surface area contributed by atoms with E-state index in [1.54, 1.807) is 17.0 Å². The lowest BCUT2D eigenvalue weighted by atomic mass is 9.48. The average molecular weight is 450 g/mol. The minimum absolute atomic E-state index is 0.140. The van der Waals surface area contributed by atoms with Gasteiger partial charge >= 0.3 is 6.09 Å². The van der Waals surface area contributed by atoms with Crippen molar-refractivity contribution in [2.75, 3.05) is 17.2 Å². The maximum absolute atomic E-state index is 13.3. The number of hydrogen-bond acceptors (Lipinski definition) is 7. The summed E-state index contributed by atoms with van der Waals surface area (Å²) in [5.41, 5.74) is 12.6. The van der Waals surface area contributed by atoms with Crippen LogP contribution in [0.2, 0.25) is 0 Å². The van der Waals surface area contributed by atoms with Gasteiger partial charge in [-0.2, -0.15) is 4.98 Å². The van der Waals surface area contributed by atoms with Gasteiger partial charge in [0.25, 0.3) is 0 Å². The average Bonchev–Trinajstić information content (AvgIpc) is 3.19. The van der Waals surface area contributed by atoms with Crippen molar-refractivity contribution in [3.05, 3.63) is 36.0 Å². The normalized spacial score (nSPS) is 31.3. The smallest absolute Gasteiger partial charge is 0.414 e. The van der Waals surface area contributed by atoms with E-state index in [0.29, 0.717) is 36.4 Å². The van der Waals surface area contributed by atoms with Crippen LogP contribution in [0, 0.1) is 23.2 Å². The molecule has 2 heterocycles. The molecule has 7 rings (SSSR count). The van der Waals surface area contributed by atoms with Crippen molar-refractivity contribution in [1.82, 2.24) is 9.97 Å². The molecule has 1 aliphatic heterocycles. The van der Waals surface area contributed by atoms with Crippen molar-refractivity contribution in [2.45, 2.75) is 44.6 Å². The van der Waals surface area contributed by atoms with Gasteiger partial charge < -0.3 is 20.9 Å². The number of hydrogen-bond donors (Lipinski definition) is 2. The van der Waals surface area contributed by atoms with Gasteiger partial charge in [0.05, 0.1) is 11.1 Å². The summed E-state index contributed by atoms with van der Waals surface area (Å²) in [5.74, 6) is 2.08. The molecule has 1 aromatic heterocycles. The maximum Gasteiger partial charge on any atom is 0.414 e. The van der Waals surface area contributed by atoms with Crippen LogP contribution in [0.1, 0.15) is 37.7 Å². The van der Waals surface area contributed by atoms with Gasteiger partial charge in [0.2, 0.25) is 17.7 Å². The van der Waals surface area contributed by atoms with Crippen molar-refractivity contribution in [3.8, 4) is 11.6 Å². The van der Waals surface area contributed by atoms with Crippen LogP contribution in [0.5, 0.6) is 11.6 Å². The molecule has 1 aromatic carbocycles. The first kappa shape index (κ1) is 20.3. The fourth-order valence-electron chi connectivity index (χ4n) is 6.88. The third-order valence-corrected chi connectivity index (χ3v) is 7.97. The van der Waals surface area contributed by atoms with Gasteiger partial charge in [-0.15, -0.1) is 0 Å². The molecule has 4 saturated carbocycles. The number of rotatable bonds is 4. The maximum atomic E-state index is 13.3. The third kappa shape index (κ3) is 3.29. The van der Waals surface area contributed by atoms with Gasteiger partial charge in [0, 0.05) is 18.8 Å². The molecule has 9 heteroatoms. The number of carbonyl (C=O) groups excluding carboxylic acids is 2. The summed E-state index contributed by atoms with van der Waals surface area (Å²) in [7, 11) is 0. The van der Waals surface area contributed by atoms with E-state index in [-0.39, 0.29) is 17.8 Å². The topological polar surface area (TPSA) is 134 Å². The summed E-state index contributed by atoms with van der Waals surface area (Å²) in [5, 5.41) is 0. The van der Waals surface area contributed by atoms with E-state index in [4.69, 9.17) is 20.9 Å². The highest BCUT2D eigenvalue weighted by atomic mass is 16.6. The summed E-state index contributed by atoms with van der Waals surface area (Å²) >= 11 is 0. The molecule has 2 amide bonds. The second-order valence-electron chi connectivity index (χ2n) is 9.98. The molecule has 3 unspecified atom stereocenters. The zero-order valence-corrected chi connectivity index (χ0v) is 18.3. The highest BCUT2D eigenvalue weighted by molar-refractivity contribution is 5.91. The first-order valence-electron chi connectivity index (χ1n) is 11.6. The standard InChI is InChI=1S/C24H27N5O4/c25-21(30)24-11-13-7-14(12-24)9-16(8-13)20(24)33-23(31)29-6-4-15-10-17(1-2-18(15)29)32-19-3-5-27-22(26)28-19/h1-3,5,10,13-14,16,20H,4,6-9,11-12H2,(H2,25,30)(H2,26,27,28). The van der Waals surface area contributed by atoms with Crippen LogP contribution in [0.25, 0.3) is 0 Å². The largest absolute Gasteiger partial charge is 0.444 e. The molecule has 3 atom stereocenters. The molecule has 33 heavy (non-hydrogen) atoms. The summed E-state index contributed by atoms with van der Waals surface area (Å²) in [6.07, 6.45) is 6.11. The van der Waals surface area contributed by atoms with Crippen LogP contribution in [0.15, 0.2) is 30.5 Å². The number of amides is 2. The number of primary amides is 1. The van der Waals surface area contributed by atoms with Crippen LogP contribution in [0.3, 0.4) is 0 Å². The highest BCUT2D eigenvalue weighted by Crippen LogP contribution is 2.61. The Morgan fingerprint density at radius 2 is 1.91 bits per heavy atom. The van der Waals surface area contributed by atoms with Gasteiger partial charge in [0.15, 0.2) is 0 Å². The predicted molar refractivity (Wildman–Crippen MR) is 119 cm³/mol. The molecule has 2 aromatic rings. The lowest BCUT2D eigenvalue weighted by Gasteiger charge is -2.58. The fourth-order valence-corrected chi connectivity index (χ4v) is 6.88. The molecule has 0 radical (unpaired) electrons. The molecular formula is C24H27N5O4. The number of nitrogen functional groups attached to an aromatic ring is 1. The molecular weight excluding hydrogens is 422 g/mol. The SMILES string of the molecule is NC(=O)C12CC3CC(CC(C3)C1OC(=O)N1CCc3cc(Oc4ccnc(N)n4)ccc31)C2. The van der Waals surface area contributed by atoms with Gasteiger partial charge in [-0.1, -0.05) is 0 Å². The molecule has 5 aliphatic rings. The molecule has 4 fully saturated rings. The Bertz CT molecular complexity index is 1120. The zero-order chi connectivity index (χ0) is 22.7. The molecule has 172 valence electrons. The summed E-state index contributed by atoms with van der Waals surface area (Å²) < 4.78 is 11.9. The van der Waals surface area contributed by atoms with Crippen LogP contribution >= 0.6 is 0 Å². The number of nitrogens with zero attached hydrogens (tertiary/aromatic N) is 3. The predicted octanol–water partition coefficient (Wildman–Crippen LogP) is 3.03. The third-order valence-electron chi connectivity index (χ3n) is 7.97. The van der Waals surface area contributed by atoms with Crippen LogP contribution in [-0.2, 0) is 16.0 Å². The number of aromatic nitrogens is 2. The number of ether oxygens (including phenoxy) is 2. The molecule has 0 saturated heterocycles. The Balaban J connectivity index is 1.20. The number of anilines is 2. The summed E-state index contributed by atoms with van der Waals surface area (Å²) in [6, 6.07) is 7.17.